The largest absolute Gasteiger partial charge is 0.469 e. The first-order chi connectivity index (χ1) is 11.6. The molecule has 1 amide bonds. The van der Waals surface area contributed by atoms with Crippen molar-refractivity contribution < 1.29 is 14.3 Å². The van der Waals surface area contributed by atoms with Crippen molar-refractivity contribution in [3.8, 4) is 0 Å². The quantitative estimate of drug-likeness (QED) is 0.589. The van der Waals surface area contributed by atoms with Crippen LogP contribution >= 0.6 is 0 Å². The Labute approximate surface area is 142 Å². The van der Waals surface area contributed by atoms with Crippen LogP contribution in [-0.2, 0) is 14.3 Å². The van der Waals surface area contributed by atoms with Gasteiger partial charge in [0.05, 0.1) is 18.3 Å². The predicted octanol–water partition coefficient (Wildman–Crippen LogP) is 3.93. The number of ether oxygens (including phenoxy) is 1. The molecule has 0 radical (unpaired) electrons. The Morgan fingerprint density at radius 2 is 1.96 bits per heavy atom. The number of fused-ring (bicyclic) bond motifs is 1. The van der Waals surface area contributed by atoms with E-state index in [1.165, 1.54) is 7.11 Å². The molecule has 128 valence electrons. The summed E-state index contributed by atoms with van der Waals surface area (Å²) in [6.07, 6.45) is 5.60. The summed E-state index contributed by atoms with van der Waals surface area (Å²) < 4.78 is 4.61. The lowest BCUT2D eigenvalue weighted by Crippen LogP contribution is -2.20. The predicted molar refractivity (Wildman–Crippen MR) is 94.6 cm³/mol. The van der Waals surface area contributed by atoms with Crippen LogP contribution in [-0.4, -0.2) is 24.0 Å². The molecule has 1 N–H and O–H groups in total. The third kappa shape index (κ3) is 5.05. The second-order valence-electron chi connectivity index (χ2n) is 5.95. The Morgan fingerprint density at radius 1 is 1.17 bits per heavy atom. The molecule has 0 fully saturated rings. The second kappa shape index (κ2) is 9.01. The fourth-order valence-electron chi connectivity index (χ4n) is 2.59. The van der Waals surface area contributed by atoms with Crippen LogP contribution in [0.15, 0.2) is 36.5 Å². The van der Waals surface area contributed by atoms with Crippen molar-refractivity contribution in [2.45, 2.75) is 39.0 Å². The van der Waals surface area contributed by atoms with E-state index in [-0.39, 0.29) is 17.8 Å². The lowest BCUT2D eigenvalue weighted by atomic mass is 10.0. The summed E-state index contributed by atoms with van der Waals surface area (Å²) in [5, 5.41) is 3.98. The number of esters is 1. The van der Waals surface area contributed by atoms with Crippen molar-refractivity contribution in [3.05, 3.63) is 36.5 Å². The molecule has 0 aliphatic carbocycles. The molecule has 2 rings (SSSR count). The highest BCUT2D eigenvalue weighted by atomic mass is 16.5. The summed E-state index contributed by atoms with van der Waals surface area (Å²) in [5.74, 6) is -0.257. The van der Waals surface area contributed by atoms with Crippen molar-refractivity contribution in [1.82, 2.24) is 4.98 Å². The SMILES string of the molecule is COC(=O)CCCCCC(C)C(=O)Nc1cccc2cccnc12. The average Bonchev–Trinajstić information content (AvgIpc) is 2.61. The molecule has 0 bridgehead atoms. The van der Waals surface area contributed by atoms with Gasteiger partial charge in [-0.05, 0) is 25.0 Å². The van der Waals surface area contributed by atoms with Gasteiger partial charge in [0.2, 0.25) is 5.91 Å². The summed E-state index contributed by atoms with van der Waals surface area (Å²) >= 11 is 0. The first-order valence-corrected chi connectivity index (χ1v) is 8.33. The number of methoxy groups -OCH3 is 1. The molecule has 5 heteroatoms. The number of aromatic nitrogens is 1. The standard InChI is InChI=1S/C19H24N2O3/c1-14(8-4-3-5-12-17(22)24-2)19(23)21-16-11-6-9-15-10-7-13-20-18(15)16/h6-7,9-11,13-14H,3-5,8,12H2,1-2H3,(H,21,23). The maximum absolute atomic E-state index is 12.4. The highest BCUT2D eigenvalue weighted by Gasteiger charge is 2.14. The third-order valence-corrected chi connectivity index (χ3v) is 4.08. The first kappa shape index (κ1) is 17.9. The minimum atomic E-state index is -0.177. The second-order valence-corrected chi connectivity index (χ2v) is 5.95. The van der Waals surface area contributed by atoms with Gasteiger partial charge in [-0.25, -0.2) is 0 Å². The van der Waals surface area contributed by atoms with E-state index in [0.29, 0.717) is 6.42 Å². The van der Waals surface area contributed by atoms with Crippen molar-refractivity contribution in [2.24, 2.45) is 5.92 Å². The molecule has 24 heavy (non-hydrogen) atoms. The Bertz CT molecular complexity index is 695. The fraction of sp³-hybridized carbons (Fsp3) is 0.421. The molecule has 0 aliphatic heterocycles. The number of pyridine rings is 1. The number of anilines is 1. The van der Waals surface area contributed by atoms with E-state index in [1.54, 1.807) is 6.20 Å². The van der Waals surface area contributed by atoms with Crippen LogP contribution in [0.2, 0.25) is 0 Å². The van der Waals surface area contributed by atoms with Crippen molar-refractivity contribution in [2.75, 3.05) is 12.4 Å². The Hall–Kier alpha value is -2.43. The number of nitrogens with one attached hydrogen (secondary N) is 1. The zero-order valence-electron chi connectivity index (χ0n) is 14.2. The molecule has 0 saturated heterocycles. The van der Waals surface area contributed by atoms with Crippen molar-refractivity contribution in [3.63, 3.8) is 0 Å². The van der Waals surface area contributed by atoms with Crippen LogP contribution in [0.3, 0.4) is 0 Å². The van der Waals surface area contributed by atoms with Crippen molar-refractivity contribution in [1.29, 1.82) is 0 Å². The molecular formula is C19H24N2O3. The number of carbonyl (C=O) groups is 2. The molecule has 0 spiro atoms. The van der Waals surface area contributed by atoms with E-state index in [2.05, 4.69) is 15.0 Å². The van der Waals surface area contributed by atoms with E-state index in [9.17, 15) is 9.59 Å². The van der Waals surface area contributed by atoms with E-state index in [1.807, 2.05) is 37.3 Å². The van der Waals surface area contributed by atoms with Crippen LogP contribution in [0.25, 0.3) is 10.9 Å². The molecule has 2 aromatic rings. The van der Waals surface area contributed by atoms with Crippen LogP contribution in [0.1, 0.15) is 39.0 Å². The number of rotatable bonds is 8. The molecule has 1 aromatic carbocycles. The lowest BCUT2D eigenvalue weighted by molar-refractivity contribution is -0.140. The van der Waals surface area contributed by atoms with Crippen LogP contribution in [0.4, 0.5) is 5.69 Å². The topological polar surface area (TPSA) is 68.3 Å². The monoisotopic (exact) mass is 328 g/mol. The van der Waals surface area contributed by atoms with Gasteiger partial charge in [0, 0.05) is 23.9 Å². The summed E-state index contributed by atoms with van der Waals surface area (Å²) in [6, 6.07) is 9.61. The van der Waals surface area contributed by atoms with E-state index >= 15 is 0 Å². The van der Waals surface area contributed by atoms with Gasteiger partial charge in [0.1, 0.15) is 0 Å². The van der Waals surface area contributed by atoms with Gasteiger partial charge >= 0.3 is 5.97 Å². The van der Waals surface area contributed by atoms with E-state index in [0.717, 1.165) is 42.3 Å². The van der Waals surface area contributed by atoms with Gasteiger partial charge in [0.15, 0.2) is 0 Å². The number of benzene rings is 1. The summed E-state index contributed by atoms with van der Waals surface area (Å²) in [5.41, 5.74) is 1.55. The molecule has 5 nitrogen and oxygen atoms in total. The van der Waals surface area contributed by atoms with E-state index in [4.69, 9.17) is 0 Å². The number of hydrogen-bond donors (Lipinski definition) is 1. The number of para-hydroxylation sites is 1. The minimum Gasteiger partial charge on any atom is -0.469 e. The van der Waals surface area contributed by atoms with Gasteiger partial charge in [-0.3, -0.25) is 14.6 Å². The number of hydrogen-bond acceptors (Lipinski definition) is 4. The smallest absolute Gasteiger partial charge is 0.305 e. The van der Waals surface area contributed by atoms with Crippen molar-refractivity contribution >= 4 is 28.5 Å². The number of amides is 1. The lowest BCUT2D eigenvalue weighted by Gasteiger charge is -2.13. The highest BCUT2D eigenvalue weighted by molar-refractivity contribution is 6.00. The Kier molecular flexibility index (Phi) is 6.73. The maximum Gasteiger partial charge on any atom is 0.305 e. The number of carbonyl (C=O) groups excluding carboxylic acids is 2. The van der Waals surface area contributed by atoms with Gasteiger partial charge in [-0.1, -0.05) is 38.0 Å². The van der Waals surface area contributed by atoms with Gasteiger partial charge in [0.25, 0.3) is 0 Å². The summed E-state index contributed by atoms with van der Waals surface area (Å²) in [7, 11) is 1.40. The number of nitrogens with zero attached hydrogens (tertiary/aromatic N) is 1. The molecule has 0 aliphatic rings. The van der Waals surface area contributed by atoms with Gasteiger partial charge in [-0.2, -0.15) is 0 Å². The van der Waals surface area contributed by atoms with Crippen LogP contribution in [0.5, 0.6) is 0 Å². The molecule has 1 unspecified atom stereocenters. The van der Waals surface area contributed by atoms with Crippen LogP contribution in [0, 0.1) is 5.92 Å². The molecule has 1 heterocycles. The van der Waals surface area contributed by atoms with Gasteiger partial charge < -0.3 is 10.1 Å². The first-order valence-electron chi connectivity index (χ1n) is 8.33. The Balaban J connectivity index is 1.82. The average molecular weight is 328 g/mol. The summed E-state index contributed by atoms with van der Waals surface area (Å²) in [4.78, 5) is 27.7. The van der Waals surface area contributed by atoms with E-state index < -0.39 is 0 Å². The normalized spacial score (nSPS) is 11.9. The molecule has 1 aromatic heterocycles. The number of unbranched alkanes of at least 4 members (excludes halogenated alkanes) is 2. The molecular weight excluding hydrogens is 304 g/mol. The third-order valence-electron chi connectivity index (χ3n) is 4.08. The van der Waals surface area contributed by atoms with Gasteiger partial charge in [-0.15, -0.1) is 0 Å². The zero-order valence-corrected chi connectivity index (χ0v) is 14.2. The maximum atomic E-state index is 12.4. The fourth-order valence-corrected chi connectivity index (χ4v) is 2.59. The highest BCUT2D eigenvalue weighted by Crippen LogP contribution is 2.22. The summed E-state index contributed by atoms with van der Waals surface area (Å²) in [6.45, 7) is 1.92. The molecule has 1 atom stereocenters. The minimum absolute atomic E-state index is 0.00104. The van der Waals surface area contributed by atoms with Crippen LogP contribution < -0.4 is 5.32 Å². The Morgan fingerprint density at radius 3 is 2.75 bits per heavy atom. The molecule has 0 saturated carbocycles. The zero-order chi connectivity index (χ0) is 17.4.